The van der Waals surface area contributed by atoms with Crippen molar-refractivity contribution < 1.29 is 28.6 Å². The minimum atomic E-state index is -0.822. The molecule has 1 atom stereocenters. The van der Waals surface area contributed by atoms with Gasteiger partial charge >= 0.3 is 17.9 Å². The third-order valence-corrected chi connectivity index (χ3v) is 15.3. The first-order valence-corrected chi connectivity index (χ1v) is 35.2. The zero-order valence-corrected chi connectivity index (χ0v) is 54.2. The molecule has 0 aliphatic rings. The Labute approximate surface area is 508 Å². The van der Waals surface area contributed by atoms with Crippen LogP contribution in [0.3, 0.4) is 0 Å². The third kappa shape index (κ3) is 67.1. The first-order valence-electron chi connectivity index (χ1n) is 35.2. The molecule has 0 aromatic carbocycles. The van der Waals surface area contributed by atoms with Crippen LogP contribution in [0.15, 0.2) is 97.2 Å². The Kier molecular flexibility index (Phi) is 66.7. The normalized spacial score (nSPS) is 12.7. The molecule has 0 spiro atoms. The number of carbonyl (C=O) groups excluding carboxylic acids is 3. The quantitative estimate of drug-likeness (QED) is 0.0261. The molecular formula is C76H132O6. The Morgan fingerprint density at radius 2 is 0.500 bits per heavy atom. The predicted molar refractivity (Wildman–Crippen MR) is 357 cm³/mol. The summed E-state index contributed by atoms with van der Waals surface area (Å²) < 4.78 is 16.9. The van der Waals surface area contributed by atoms with E-state index in [0.717, 1.165) is 89.9 Å². The molecule has 0 aromatic heterocycles. The molecule has 0 N–H and O–H groups in total. The molecule has 0 rings (SSSR count). The second-order valence-corrected chi connectivity index (χ2v) is 23.4. The van der Waals surface area contributed by atoms with Crippen LogP contribution in [0.1, 0.15) is 348 Å². The first-order chi connectivity index (χ1) is 40.5. The van der Waals surface area contributed by atoms with E-state index >= 15 is 0 Å². The molecule has 0 amide bonds. The van der Waals surface area contributed by atoms with Crippen LogP contribution < -0.4 is 0 Å². The third-order valence-electron chi connectivity index (χ3n) is 15.3. The van der Waals surface area contributed by atoms with E-state index in [0.29, 0.717) is 19.3 Å². The second-order valence-electron chi connectivity index (χ2n) is 23.4. The van der Waals surface area contributed by atoms with Crippen molar-refractivity contribution in [1.29, 1.82) is 0 Å². The minimum Gasteiger partial charge on any atom is -0.462 e. The Morgan fingerprint density at radius 3 is 0.793 bits per heavy atom. The molecule has 0 heterocycles. The molecule has 0 radical (unpaired) electrons. The largest absolute Gasteiger partial charge is 0.462 e. The zero-order valence-electron chi connectivity index (χ0n) is 54.2. The summed E-state index contributed by atoms with van der Waals surface area (Å²) in [5.41, 5.74) is 0. The van der Waals surface area contributed by atoms with E-state index in [1.165, 1.54) is 212 Å². The van der Waals surface area contributed by atoms with E-state index in [1.807, 2.05) is 6.08 Å². The number of unbranched alkanes of at least 4 members (excludes halogenated alkanes) is 37. The number of rotatable bonds is 64. The Hall–Kier alpha value is -3.67. The van der Waals surface area contributed by atoms with Gasteiger partial charge in [-0.05, 0) is 109 Å². The molecule has 0 saturated carbocycles. The van der Waals surface area contributed by atoms with Gasteiger partial charge in [-0.2, -0.15) is 0 Å². The molecule has 6 nitrogen and oxygen atoms in total. The van der Waals surface area contributed by atoms with Crippen molar-refractivity contribution in [3.63, 3.8) is 0 Å². The van der Waals surface area contributed by atoms with Crippen LogP contribution in [0.4, 0.5) is 0 Å². The fraction of sp³-hybridized carbons (Fsp3) is 0.750. The number of ether oxygens (including phenoxy) is 3. The van der Waals surface area contributed by atoms with Gasteiger partial charge in [0.05, 0.1) is 0 Å². The van der Waals surface area contributed by atoms with Gasteiger partial charge < -0.3 is 14.2 Å². The fourth-order valence-corrected chi connectivity index (χ4v) is 10.0. The highest BCUT2D eigenvalue weighted by molar-refractivity contribution is 5.71. The number of esters is 3. The van der Waals surface area contributed by atoms with Gasteiger partial charge in [0.25, 0.3) is 0 Å². The molecule has 0 bridgehead atoms. The molecule has 0 aliphatic carbocycles. The maximum atomic E-state index is 12.9. The maximum Gasteiger partial charge on any atom is 0.306 e. The minimum absolute atomic E-state index is 0.108. The highest BCUT2D eigenvalue weighted by atomic mass is 16.6. The van der Waals surface area contributed by atoms with Crippen LogP contribution in [-0.4, -0.2) is 37.2 Å². The van der Waals surface area contributed by atoms with Crippen molar-refractivity contribution in [3.05, 3.63) is 97.2 Å². The van der Waals surface area contributed by atoms with E-state index in [2.05, 4.69) is 112 Å². The highest BCUT2D eigenvalue weighted by Crippen LogP contribution is 2.17. The summed E-state index contributed by atoms with van der Waals surface area (Å²) in [5, 5.41) is 0. The van der Waals surface area contributed by atoms with Gasteiger partial charge in [0.2, 0.25) is 0 Å². The average Bonchev–Trinajstić information content (AvgIpc) is 3.47. The van der Waals surface area contributed by atoms with Crippen LogP contribution in [0.2, 0.25) is 0 Å². The van der Waals surface area contributed by atoms with Gasteiger partial charge in [-0.3, -0.25) is 14.4 Å². The smallest absolute Gasteiger partial charge is 0.306 e. The number of hydrogen-bond donors (Lipinski definition) is 0. The Balaban J connectivity index is 4.28. The van der Waals surface area contributed by atoms with Crippen molar-refractivity contribution >= 4 is 17.9 Å². The molecule has 82 heavy (non-hydrogen) atoms. The van der Waals surface area contributed by atoms with E-state index in [1.54, 1.807) is 0 Å². The second kappa shape index (κ2) is 69.8. The molecule has 0 fully saturated rings. The average molecular weight is 1140 g/mol. The van der Waals surface area contributed by atoms with Crippen LogP contribution in [0, 0.1) is 0 Å². The molecule has 0 aliphatic heterocycles. The molecule has 6 heteroatoms. The topological polar surface area (TPSA) is 78.9 Å². The van der Waals surface area contributed by atoms with Gasteiger partial charge in [-0.1, -0.05) is 317 Å². The standard InChI is InChI=1S/C76H132O6/c1-4-7-10-13-16-19-22-25-28-30-32-33-34-35-36-37-38-39-40-41-42-43-45-46-48-51-54-57-60-63-66-69-75(78)81-72-73(71-80-74(77)68-65-62-59-56-53-50-27-24-21-18-15-12-9-6-3)82-76(79)70-67-64-61-58-55-52-49-47-44-31-29-26-23-20-17-14-11-8-5-2/h8,11,17,20,24,26-27,29-30,32,44,47,52,55,61,64,73H,4-7,9-10,12-16,18-19,21-23,25,28,31,33-43,45-46,48-51,53-54,56-60,62-63,65-72H2,1-3H3/b11-8-,20-17-,27-24-,29-26-,32-30-,47-44-,55-52-,64-61-. The summed E-state index contributed by atoms with van der Waals surface area (Å²) in [6, 6.07) is 0. The lowest BCUT2D eigenvalue weighted by molar-refractivity contribution is -0.166. The summed E-state index contributed by atoms with van der Waals surface area (Å²) >= 11 is 0. The molecule has 1 unspecified atom stereocenters. The lowest BCUT2D eigenvalue weighted by Gasteiger charge is -2.18. The van der Waals surface area contributed by atoms with Crippen molar-refractivity contribution in [2.45, 2.75) is 354 Å². The molecule has 0 aromatic rings. The van der Waals surface area contributed by atoms with Gasteiger partial charge in [-0.15, -0.1) is 0 Å². The lowest BCUT2D eigenvalue weighted by Crippen LogP contribution is -2.30. The number of carbonyl (C=O) groups is 3. The summed E-state index contributed by atoms with van der Waals surface area (Å²) in [4.78, 5) is 38.3. The first kappa shape index (κ1) is 78.3. The molecule has 472 valence electrons. The highest BCUT2D eigenvalue weighted by Gasteiger charge is 2.19. The van der Waals surface area contributed by atoms with Gasteiger partial charge in [0, 0.05) is 19.3 Å². The van der Waals surface area contributed by atoms with Crippen molar-refractivity contribution in [2.75, 3.05) is 13.2 Å². The van der Waals surface area contributed by atoms with Crippen LogP contribution in [0.5, 0.6) is 0 Å². The van der Waals surface area contributed by atoms with Gasteiger partial charge in [0.15, 0.2) is 6.10 Å². The van der Waals surface area contributed by atoms with Crippen molar-refractivity contribution in [3.8, 4) is 0 Å². The van der Waals surface area contributed by atoms with Crippen LogP contribution in [-0.2, 0) is 28.6 Å². The Bertz CT molecular complexity index is 1590. The maximum absolute atomic E-state index is 12.9. The number of allylic oxidation sites excluding steroid dienone is 16. The molecule has 0 saturated heterocycles. The van der Waals surface area contributed by atoms with Crippen molar-refractivity contribution in [1.82, 2.24) is 0 Å². The lowest BCUT2D eigenvalue weighted by atomic mass is 10.0. The zero-order chi connectivity index (χ0) is 59.2. The molecular weight excluding hydrogens is 1010 g/mol. The number of hydrogen-bond acceptors (Lipinski definition) is 6. The van der Waals surface area contributed by atoms with E-state index in [9.17, 15) is 14.4 Å². The summed E-state index contributed by atoms with van der Waals surface area (Å²) in [6.45, 7) is 6.48. The SMILES string of the molecule is CC/C=C\C/C=C\C/C=C\C/C=C\C/C=C\C/C=C\CCC(=O)OC(COC(=O)CCCCCCC/C=C\CCCCCCC)COC(=O)CCCCCCCCCCCCCCCCCCCCC/C=C\CCCCCCCCCC. The fourth-order valence-electron chi connectivity index (χ4n) is 10.0. The van der Waals surface area contributed by atoms with E-state index in [4.69, 9.17) is 14.2 Å². The summed E-state index contributed by atoms with van der Waals surface area (Å²) in [5.74, 6) is -0.989. The van der Waals surface area contributed by atoms with Crippen LogP contribution in [0.25, 0.3) is 0 Å². The predicted octanol–water partition coefficient (Wildman–Crippen LogP) is 24.4. The summed E-state index contributed by atoms with van der Waals surface area (Å²) in [7, 11) is 0. The monoisotopic (exact) mass is 1140 g/mol. The van der Waals surface area contributed by atoms with Crippen LogP contribution >= 0.6 is 0 Å². The van der Waals surface area contributed by atoms with Gasteiger partial charge in [0.1, 0.15) is 13.2 Å². The van der Waals surface area contributed by atoms with Crippen molar-refractivity contribution in [2.24, 2.45) is 0 Å². The summed E-state index contributed by atoms with van der Waals surface area (Å²) in [6.07, 6.45) is 94.6. The van der Waals surface area contributed by atoms with E-state index < -0.39 is 12.1 Å². The van der Waals surface area contributed by atoms with E-state index in [-0.39, 0.29) is 31.6 Å². The Morgan fingerprint density at radius 1 is 0.256 bits per heavy atom. The van der Waals surface area contributed by atoms with Gasteiger partial charge in [-0.25, -0.2) is 0 Å².